The van der Waals surface area contributed by atoms with E-state index in [0.717, 1.165) is 5.56 Å². The molecule has 0 bridgehead atoms. The Balaban J connectivity index is 2.13. The van der Waals surface area contributed by atoms with E-state index < -0.39 is 0 Å². The van der Waals surface area contributed by atoms with Crippen molar-refractivity contribution in [2.75, 3.05) is 0 Å². The van der Waals surface area contributed by atoms with E-state index in [0.29, 0.717) is 6.04 Å². The molecule has 1 aromatic heterocycles. The molecule has 1 saturated carbocycles. The highest BCUT2D eigenvalue weighted by molar-refractivity contribution is 5.81. The van der Waals surface area contributed by atoms with Crippen LogP contribution in [0.15, 0.2) is 30.5 Å². The molecule has 2 nitrogen and oxygen atoms in total. The molecule has 2 aromatic rings. The van der Waals surface area contributed by atoms with E-state index in [2.05, 4.69) is 29.0 Å². The molecule has 2 heteroatoms. The van der Waals surface area contributed by atoms with Crippen LogP contribution in [0.4, 0.5) is 0 Å². The van der Waals surface area contributed by atoms with Crippen molar-refractivity contribution in [1.29, 1.82) is 0 Å². The van der Waals surface area contributed by atoms with Crippen LogP contribution >= 0.6 is 0 Å². The largest absolute Gasteiger partial charge is 0.392 e. The van der Waals surface area contributed by atoms with Gasteiger partial charge in [-0.05, 0) is 42.3 Å². The Labute approximate surface area is 89.1 Å². The highest BCUT2D eigenvalue weighted by Gasteiger charge is 2.20. The summed E-state index contributed by atoms with van der Waals surface area (Å²) in [5, 5.41) is 10.4. The molecule has 0 aliphatic heterocycles. The molecule has 1 aromatic carbocycles. The van der Waals surface area contributed by atoms with E-state index in [1.807, 2.05) is 6.07 Å². The molecule has 1 aliphatic carbocycles. The second-order valence-corrected chi connectivity index (χ2v) is 4.36. The summed E-state index contributed by atoms with van der Waals surface area (Å²) in [6.07, 6.45) is 6.12. The molecule has 0 spiro atoms. The number of aromatic nitrogens is 1. The molecule has 0 unspecified atom stereocenters. The molecule has 1 fully saturated rings. The Kier molecular flexibility index (Phi) is 2.03. The standard InChI is InChI=1S/C13H15NO/c15-9-10-4-5-11-6-7-14(13(11)8-10)12-2-1-3-12/h4-8,12,15H,1-3,9H2. The number of benzene rings is 1. The number of rotatable bonds is 2. The second-order valence-electron chi connectivity index (χ2n) is 4.36. The average molecular weight is 201 g/mol. The summed E-state index contributed by atoms with van der Waals surface area (Å²) in [5.74, 6) is 0. The number of hydrogen-bond acceptors (Lipinski definition) is 1. The van der Waals surface area contributed by atoms with Crippen LogP contribution in [0.3, 0.4) is 0 Å². The first-order valence-electron chi connectivity index (χ1n) is 5.59. The van der Waals surface area contributed by atoms with E-state index in [1.54, 1.807) is 0 Å². The van der Waals surface area contributed by atoms with E-state index in [1.165, 1.54) is 30.2 Å². The molecule has 1 N–H and O–H groups in total. The molecule has 0 amide bonds. The van der Waals surface area contributed by atoms with Gasteiger partial charge in [-0.25, -0.2) is 0 Å². The van der Waals surface area contributed by atoms with E-state index >= 15 is 0 Å². The van der Waals surface area contributed by atoms with E-state index in [4.69, 9.17) is 5.11 Å². The van der Waals surface area contributed by atoms with Crippen LogP contribution in [0.25, 0.3) is 10.9 Å². The van der Waals surface area contributed by atoms with Crippen LogP contribution in [0, 0.1) is 0 Å². The van der Waals surface area contributed by atoms with Gasteiger partial charge in [0.15, 0.2) is 0 Å². The van der Waals surface area contributed by atoms with Gasteiger partial charge in [0.25, 0.3) is 0 Å². The van der Waals surface area contributed by atoms with Crippen LogP contribution in [0.5, 0.6) is 0 Å². The second kappa shape index (κ2) is 3.38. The highest BCUT2D eigenvalue weighted by Crippen LogP contribution is 2.34. The monoisotopic (exact) mass is 201 g/mol. The minimum absolute atomic E-state index is 0.131. The quantitative estimate of drug-likeness (QED) is 0.794. The Morgan fingerprint density at radius 2 is 2.13 bits per heavy atom. The summed E-state index contributed by atoms with van der Waals surface area (Å²) in [6.45, 7) is 0.131. The average Bonchev–Trinajstić information content (AvgIpc) is 2.59. The molecule has 0 radical (unpaired) electrons. The number of hydrogen-bond donors (Lipinski definition) is 1. The van der Waals surface area contributed by atoms with Crippen molar-refractivity contribution in [3.63, 3.8) is 0 Å². The number of aliphatic hydroxyl groups excluding tert-OH is 1. The van der Waals surface area contributed by atoms with Gasteiger partial charge in [0.1, 0.15) is 0 Å². The topological polar surface area (TPSA) is 25.2 Å². The molecule has 0 atom stereocenters. The summed E-state index contributed by atoms with van der Waals surface area (Å²) in [5.41, 5.74) is 2.27. The zero-order valence-electron chi connectivity index (χ0n) is 8.69. The van der Waals surface area contributed by atoms with Crippen molar-refractivity contribution in [2.45, 2.75) is 31.9 Å². The van der Waals surface area contributed by atoms with Gasteiger partial charge in [0.2, 0.25) is 0 Å². The third-order valence-electron chi connectivity index (χ3n) is 3.44. The maximum Gasteiger partial charge on any atom is 0.0682 e. The molecular weight excluding hydrogens is 186 g/mol. The Hall–Kier alpha value is -1.28. The number of nitrogens with zero attached hydrogens (tertiary/aromatic N) is 1. The number of fused-ring (bicyclic) bond motifs is 1. The lowest BCUT2D eigenvalue weighted by molar-refractivity contribution is 0.282. The van der Waals surface area contributed by atoms with Gasteiger partial charge in [-0.1, -0.05) is 12.1 Å². The van der Waals surface area contributed by atoms with Crippen LogP contribution in [-0.2, 0) is 6.61 Å². The van der Waals surface area contributed by atoms with Crippen molar-refractivity contribution >= 4 is 10.9 Å². The molecule has 0 saturated heterocycles. The smallest absolute Gasteiger partial charge is 0.0682 e. The van der Waals surface area contributed by atoms with Crippen molar-refractivity contribution in [3.05, 3.63) is 36.0 Å². The summed E-state index contributed by atoms with van der Waals surface area (Å²) < 4.78 is 2.36. The summed E-state index contributed by atoms with van der Waals surface area (Å²) in [7, 11) is 0. The van der Waals surface area contributed by atoms with Gasteiger partial charge in [-0.3, -0.25) is 0 Å². The first-order chi connectivity index (χ1) is 7.38. The van der Waals surface area contributed by atoms with Crippen molar-refractivity contribution < 1.29 is 5.11 Å². The highest BCUT2D eigenvalue weighted by atomic mass is 16.3. The summed E-state index contributed by atoms with van der Waals surface area (Å²) >= 11 is 0. The van der Waals surface area contributed by atoms with Gasteiger partial charge in [0, 0.05) is 17.8 Å². The van der Waals surface area contributed by atoms with Gasteiger partial charge in [0.05, 0.1) is 6.61 Å². The Morgan fingerprint density at radius 1 is 1.27 bits per heavy atom. The Morgan fingerprint density at radius 3 is 2.80 bits per heavy atom. The van der Waals surface area contributed by atoms with Gasteiger partial charge < -0.3 is 9.67 Å². The zero-order chi connectivity index (χ0) is 10.3. The predicted octanol–water partition coefficient (Wildman–Crippen LogP) is 2.86. The van der Waals surface area contributed by atoms with Crippen molar-refractivity contribution in [3.8, 4) is 0 Å². The lowest BCUT2D eigenvalue weighted by atomic mass is 9.93. The third-order valence-corrected chi connectivity index (χ3v) is 3.44. The summed E-state index contributed by atoms with van der Waals surface area (Å²) in [4.78, 5) is 0. The molecule has 15 heavy (non-hydrogen) atoms. The fourth-order valence-corrected chi connectivity index (χ4v) is 2.28. The van der Waals surface area contributed by atoms with Gasteiger partial charge >= 0.3 is 0 Å². The lowest BCUT2D eigenvalue weighted by Crippen LogP contribution is -2.15. The van der Waals surface area contributed by atoms with Crippen LogP contribution in [-0.4, -0.2) is 9.67 Å². The summed E-state index contributed by atoms with van der Waals surface area (Å²) in [6, 6.07) is 9.04. The van der Waals surface area contributed by atoms with Crippen molar-refractivity contribution in [2.24, 2.45) is 0 Å². The maximum absolute atomic E-state index is 9.13. The normalized spacial score (nSPS) is 16.9. The SMILES string of the molecule is OCc1ccc2ccn(C3CCC3)c2c1. The molecular formula is C13H15NO. The van der Waals surface area contributed by atoms with E-state index in [9.17, 15) is 0 Å². The predicted molar refractivity (Wildman–Crippen MR) is 60.7 cm³/mol. The first-order valence-corrected chi connectivity index (χ1v) is 5.59. The lowest BCUT2D eigenvalue weighted by Gasteiger charge is -2.28. The molecule has 1 heterocycles. The van der Waals surface area contributed by atoms with Crippen LogP contribution in [0.1, 0.15) is 30.9 Å². The minimum Gasteiger partial charge on any atom is -0.392 e. The third kappa shape index (κ3) is 1.37. The fourth-order valence-electron chi connectivity index (χ4n) is 2.28. The maximum atomic E-state index is 9.13. The minimum atomic E-state index is 0.131. The van der Waals surface area contributed by atoms with Crippen molar-refractivity contribution in [1.82, 2.24) is 4.57 Å². The van der Waals surface area contributed by atoms with Crippen LogP contribution in [0.2, 0.25) is 0 Å². The zero-order valence-corrected chi connectivity index (χ0v) is 8.69. The van der Waals surface area contributed by atoms with Gasteiger partial charge in [-0.2, -0.15) is 0 Å². The molecule has 1 aliphatic rings. The number of aliphatic hydroxyl groups is 1. The molecule has 3 rings (SSSR count). The first kappa shape index (κ1) is 8.98. The Bertz CT molecular complexity index is 482. The van der Waals surface area contributed by atoms with E-state index in [-0.39, 0.29) is 6.61 Å². The van der Waals surface area contributed by atoms with Gasteiger partial charge in [-0.15, -0.1) is 0 Å². The van der Waals surface area contributed by atoms with Crippen LogP contribution < -0.4 is 0 Å². The fraction of sp³-hybridized carbons (Fsp3) is 0.385. The molecule has 78 valence electrons.